The molecule has 5 rings (SSSR count). The average Bonchev–Trinajstić information content (AvgIpc) is 3.39. The molecule has 1 amide bonds. The molecular weight excluding hydrogens is 528 g/mol. The van der Waals surface area contributed by atoms with Crippen molar-refractivity contribution in [2.24, 2.45) is 0 Å². The third-order valence-electron chi connectivity index (χ3n) is 8.19. The molecule has 0 unspecified atom stereocenters. The number of aromatic nitrogens is 2. The van der Waals surface area contributed by atoms with Crippen LogP contribution in [0.4, 0.5) is 17.2 Å². The number of piperidine rings is 1. The third kappa shape index (κ3) is 5.89. The van der Waals surface area contributed by atoms with E-state index in [4.69, 9.17) is 0 Å². The van der Waals surface area contributed by atoms with Crippen molar-refractivity contribution in [2.45, 2.75) is 25.8 Å². The Labute approximate surface area is 236 Å². The molecule has 2 aliphatic rings. The van der Waals surface area contributed by atoms with E-state index in [1.54, 1.807) is 12.1 Å². The summed E-state index contributed by atoms with van der Waals surface area (Å²) in [7, 11) is 2.51. The number of piperazine rings is 1. The third-order valence-corrected chi connectivity index (χ3v) is 9.72. The second-order valence-corrected chi connectivity index (χ2v) is 12.5. The molecule has 2 aliphatic heterocycles. The smallest absolute Gasteiger partial charge is 0.301 e. The van der Waals surface area contributed by atoms with Crippen molar-refractivity contribution in [3.05, 3.63) is 48.3 Å². The standard InChI is InChI=1S/C28H40N8O3S/c1-5-33(3)26-7-6-12-29-27(26)34(4)23-10-13-35(14-11-23)28(37)25-20-21-19-22(8-9-24(21)30-25)31-40(38,39)36-17-15-32(2)16-18-36/h6-9,12,19-20,23,30-31H,5,10-11,13-18H2,1-4H3. The first-order chi connectivity index (χ1) is 19.2. The summed E-state index contributed by atoms with van der Waals surface area (Å²) in [5.74, 6) is 0.924. The molecule has 216 valence electrons. The lowest BCUT2D eigenvalue weighted by atomic mass is 10.0. The Morgan fingerprint density at radius 1 is 1.07 bits per heavy atom. The van der Waals surface area contributed by atoms with Crippen LogP contribution < -0.4 is 14.5 Å². The van der Waals surface area contributed by atoms with E-state index in [0.717, 1.165) is 41.8 Å². The van der Waals surface area contributed by atoms with Gasteiger partial charge in [0.25, 0.3) is 5.91 Å². The molecular formula is C28H40N8O3S. The summed E-state index contributed by atoms with van der Waals surface area (Å²) in [6.45, 7) is 6.67. The van der Waals surface area contributed by atoms with Gasteiger partial charge in [-0.05, 0) is 63.2 Å². The summed E-state index contributed by atoms with van der Waals surface area (Å²) in [5.41, 5.74) is 2.89. The Hall–Kier alpha value is -3.35. The van der Waals surface area contributed by atoms with E-state index in [0.29, 0.717) is 56.7 Å². The van der Waals surface area contributed by atoms with E-state index in [2.05, 4.69) is 56.5 Å². The number of aromatic amines is 1. The molecule has 2 aromatic heterocycles. The monoisotopic (exact) mass is 568 g/mol. The fourth-order valence-electron chi connectivity index (χ4n) is 5.48. The molecule has 3 aromatic rings. The second kappa shape index (κ2) is 11.6. The minimum absolute atomic E-state index is 0.0406. The van der Waals surface area contributed by atoms with Crippen LogP contribution in [0.5, 0.6) is 0 Å². The van der Waals surface area contributed by atoms with E-state index in [1.807, 2.05) is 36.3 Å². The van der Waals surface area contributed by atoms with E-state index in [1.165, 1.54) is 4.31 Å². The van der Waals surface area contributed by atoms with E-state index < -0.39 is 10.2 Å². The number of carbonyl (C=O) groups is 1. The number of anilines is 3. The number of carbonyl (C=O) groups excluding carboxylic acids is 1. The zero-order chi connectivity index (χ0) is 28.4. The van der Waals surface area contributed by atoms with Crippen LogP contribution >= 0.6 is 0 Å². The van der Waals surface area contributed by atoms with Crippen LogP contribution in [0.3, 0.4) is 0 Å². The van der Waals surface area contributed by atoms with Crippen molar-refractivity contribution >= 4 is 44.2 Å². The molecule has 40 heavy (non-hydrogen) atoms. The van der Waals surface area contributed by atoms with E-state index in [9.17, 15) is 13.2 Å². The molecule has 0 aliphatic carbocycles. The van der Waals surface area contributed by atoms with Gasteiger partial charge >= 0.3 is 10.2 Å². The minimum Gasteiger partial charge on any atom is -0.372 e. The van der Waals surface area contributed by atoms with Crippen molar-refractivity contribution in [1.82, 2.24) is 24.1 Å². The molecule has 11 nitrogen and oxygen atoms in total. The van der Waals surface area contributed by atoms with Gasteiger partial charge in [0.15, 0.2) is 5.82 Å². The zero-order valence-electron chi connectivity index (χ0n) is 23.8. The number of fused-ring (bicyclic) bond motifs is 1. The highest BCUT2D eigenvalue weighted by atomic mass is 32.2. The lowest BCUT2D eigenvalue weighted by Gasteiger charge is -2.38. The molecule has 0 bridgehead atoms. The Morgan fingerprint density at radius 3 is 2.50 bits per heavy atom. The van der Waals surface area contributed by atoms with Crippen LogP contribution in [0, 0.1) is 0 Å². The Bertz CT molecular complexity index is 1440. The van der Waals surface area contributed by atoms with Crippen molar-refractivity contribution in [2.75, 3.05) is 81.5 Å². The van der Waals surface area contributed by atoms with Crippen molar-refractivity contribution < 1.29 is 13.2 Å². The van der Waals surface area contributed by atoms with Crippen molar-refractivity contribution in [3.63, 3.8) is 0 Å². The first-order valence-corrected chi connectivity index (χ1v) is 15.4. The number of hydrogen-bond donors (Lipinski definition) is 2. The number of hydrogen-bond acceptors (Lipinski definition) is 7. The molecule has 4 heterocycles. The lowest BCUT2D eigenvalue weighted by Crippen LogP contribution is -2.48. The molecule has 1 aromatic carbocycles. The van der Waals surface area contributed by atoms with Crippen LogP contribution in [0.15, 0.2) is 42.6 Å². The van der Waals surface area contributed by atoms with Crippen LogP contribution in [0.25, 0.3) is 10.9 Å². The van der Waals surface area contributed by atoms with Gasteiger partial charge < -0.3 is 24.6 Å². The number of benzene rings is 1. The van der Waals surface area contributed by atoms with Crippen LogP contribution in [-0.4, -0.2) is 111 Å². The first kappa shape index (κ1) is 28.2. The maximum absolute atomic E-state index is 13.4. The van der Waals surface area contributed by atoms with Crippen molar-refractivity contribution in [1.29, 1.82) is 0 Å². The Kier molecular flexibility index (Phi) is 8.20. The number of amides is 1. The van der Waals surface area contributed by atoms with Gasteiger partial charge in [0, 0.05) is 83.1 Å². The second-order valence-electron chi connectivity index (χ2n) is 10.8. The van der Waals surface area contributed by atoms with Crippen LogP contribution in [0.2, 0.25) is 0 Å². The summed E-state index contributed by atoms with van der Waals surface area (Å²) >= 11 is 0. The van der Waals surface area contributed by atoms with Gasteiger partial charge in [-0.3, -0.25) is 9.52 Å². The number of H-pyrrole nitrogens is 1. The first-order valence-electron chi connectivity index (χ1n) is 13.9. The molecule has 2 N–H and O–H groups in total. The number of rotatable bonds is 8. The van der Waals surface area contributed by atoms with Gasteiger partial charge in [-0.25, -0.2) is 4.98 Å². The number of likely N-dealkylation sites (tertiary alicyclic amines) is 1. The summed E-state index contributed by atoms with van der Waals surface area (Å²) in [4.78, 5) is 29.7. The highest BCUT2D eigenvalue weighted by Gasteiger charge is 2.29. The summed E-state index contributed by atoms with van der Waals surface area (Å²) in [5, 5.41) is 0.791. The van der Waals surface area contributed by atoms with Gasteiger partial charge in [0.2, 0.25) is 0 Å². The molecule has 0 atom stereocenters. The SMILES string of the molecule is CCN(C)c1cccnc1N(C)C1CCN(C(=O)c2cc3cc(NS(=O)(=O)N4CCN(C)CC4)ccc3[nH]2)CC1. The Balaban J connectivity index is 1.22. The molecule has 0 saturated carbocycles. The summed E-state index contributed by atoms with van der Waals surface area (Å²) in [6, 6.07) is 11.5. The summed E-state index contributed by atoms with van der Waals surface area (Å²) in [6.07, 6.45) is 3.54. The van der Waals surface area contributed by atoms with Gasteiger partial charge in [-0.1, -0.05) is 0 Å². The van der Waals surface area contributed by atoms with Gasteiger partial charge in [-0.15, -0.1) is 0 Å². The van der Waals surface area contributed by atoms with E-state index in [-0.39, 0.29) is 5.91 Å². The molecule has 12 heteroatoms. The highest BCUT2D eigenvalue weighted by molar-refractivity contribution is 7.90. The fourth-order valence-corrected chi connectivity index (χ4v) is 6.68. The van der Waals surface area contributed by atoms with Crippen LogP contribution in [-0.2, 0) is 10.2 Å². The zero-order valence-corrected chi connectivity index (χ0v) is 24.6. The maximum atomic E-state index is 13.4. The quantitative estimate of drug-likeness (QED) is 0.430. The molecule has 0 spiro atoms. The largest absolute Gasteiger partial charge is 0.372 e. The normalized spacial score (nSPS) is 17.8. The van der Waals surface area contributed by atoms with Gasteiger partial charge in [0.1, 0.15) is 5.69 Å². The predicted molar refractivity (Wildman–Crippen MR) is 160 cm³/mol. The highest BCUT2D eigenvalue weighted by Crippen LogP contribution is 2.30. The minimum atomic E-state index is -3.64. The number of pyridine rings is 1. The molecule has 2 fully saturated rings. The predicted octanol–water partition coefficient (Wildman–Crippen LogP) is 2.66. The number of likely N-dealkylation sites (N-methyl/N-ethyl adjacent to an activating group) is 1. The van der Waals surface area contributed by atoms with E-state index >= 15 is 0 Å². The van der Waals surface area contributed by atoms with Gasteiger partial charge in [-0.2, -0.15) is 12.7 Å². The average molecular weight is 569 g/mol. The summed E-state index contributed by atoms with van der Waals surface area (Å²) < 4.78 is 29.9. The van der Waals surface area contributed by atoms with Gasteiger partial charge in [0.05, 0.1) is 11.4 Å². The topological polar surface area (TPSA) is 108 Å². The lowest BCUT2D eigenvalue weighted by molar-refractivity contribution is 0.0708. The molecule has 0 radical (unpaired) electrons. The van der Waals surface area contributed by atoms with Crippen LogP contribution in [0.1, 0.15) is 30.3 Å². The molecule has 2 saturated heterocycles. The fraction of sp³-hybridized carbons (Fsp3) is 0.500. The maximum Gasteiger partial charge on any atom is 0.301 e. The number of nitrogens with zero attached hydrogens (tertiary/aromatic N) is 6. The van der Waals surface area contributed by atoms with Crippen molar-refractivity contribution in [3.8, 4) is 0 Å². The Morgan fingerprint density at radius 2 is 1.80 bits per heavy atom. The number of nitrogens with one attached hydrogen (secondary N) is 2.